The van der Waals surface area contributed by atoms with E-state index in [1.165, 1.54) is 30.3 Å². The Morgan fingerprint density at radius 3 is 2.15 bits per heavy atom. The number of carboxylic acid groups (broad SMARTS) is 1. The van der Waals surface area contributed by atoms with Gasteiger partial charge < -0.3 is 9.29 Å². The number of hydrogen-bond acceptors (Lipinski definition) is 7. The molecule has 1 aromatic heterocycles. The topological polar surface area (TPSA) is 137 Å². The van der Waals surface area contributed by atoms with Crippen LogP contribution in [0.5, 0.6) is 5.75 Å². The second-order valence-electron chi connectivity index (χ2n) is 6.96. The number of sulfone groups is 1. The molecule has 0 radical (unpaired) electrons. The molecule has 0 bridgehead atoms. The van der Waals surface area contributed by atoms with Gasteiger partial charge >= 0.3 is 21.6 Å². The third-order valence-electron chi connectivity index (χ3n) is 4.56. The summed E-state index contributed by atoms with van der Waals surface area (Å²) < 4.78 is 90.3. The van der Waals surface area contributed by atoms with Crippen LogP contribution < -0.4 is 9.74 Å². The zero-order chi connectivity index (χ0) is 25.6. The zero-order valence-electron chi connectivity index (χ0n) is 16.8. The van der Waals surface area contributed by atoms with E-state index in [1.54, 1.807) is 0 Å². The molecule has 0 amide bonds. The molecule has 0 saturated carbocycles. The van der Waals surface area contributed by atoms with Crippen LogP contribution in [0.15, 0.2) is 52.2 Å². The Bertz CT molecular complexity index is 1580. The van der Waals surface area contributed by atoms with Gasteiger partial charge in [-0.2, -0.15) is 21.6 Å². The highest BCUT2D eigenvalue weighted by Crippen LogP contribution is 2.35. The van der Waals surface area contributed by atoms with Gasteiger partial charge in [0.05, 0.1) is 16.8 Å². The van der Waals surface area contributed by atoms with E-state index < -0.39 is 60.4 Å². The molecule has 3 rings (SSSR count). The van der Waals surface area contributed by atoms with Crippen LogP contribution in [-0.4, -0.2) is 44.2 Å². The summed E-state index contributed by atoms with van der Waals surface area (Å²) in [6, 6.07) is 8.05. The number of hydrogen-bond donors (Lipinski definition) is 1. The van der Waals surface area contributed by atoms with Crippen LogP contribution in [-0.2, 0) is 26.5 Å². The minimum atomic E-state index is -6.32. The van der Waals surface area contributed by atoms with Gasteiger partial charge in [0.2, 0.25) is 0 Å². The lowest BCUT2D eigenvalue weighted by atomic mass is 10.1. The first-order valence-electron chi connectivity index (χ1n) is 8.92. The Balaban J connectivity index is 2.33. The molecule has 0 atom stereocenters. The maximum absolute atomic E-state index is 13.0. The van der Waals surface area contributed by atoms with E-state index >= 15 is 0 Å². The first kappa shape index (κ1) is 25.5. The Morgan fingerprint density at radius 1 is 1.06 bits per heavy atom. The summed E-state index contributed by atoms with van der Waals surface area (Å²) in [7, 11) is -9.89. The number of carbonyl (C=O) groups is 1. The van der Waals surface area contributed by atoms with Crippen molar-refractivity contribution in [3.63, 3.8) is 0 Å². The smallest absolute Gasteiger partial charge is 0.476 e. The van der Waals surface area contributed by atoms with Gasteiger partial charge in [-0.25, -0.2) is 13.2 Å². The van der Waals surface area contributed by atoms with Gasteiger partial charge in [-0.05, 0) is 35.9 Å². The first-order chi connectivity index (χ1) is 15.5. The van der Waals surface area contributed by atoms with Crippen molar-refractivity contribution < 1.29 is 44.1 Å². The van der Waals surface area contributed by atoms with Gasteiger partial charge in [0, 0.05) is 16.7 Å². The summed E-state index contributed by atoms with van der Waals surface area (Å²) >= 11 is 5.82. The third kappa shape index (κ3) is 4.88. The van der Waals surface area contributed by atoms with Gasteiger partial charge in [0.25, 0.3) is 5.56 Å². The van der Waals surface area contributed by atoms with Crippen LogP contribution in [0.25, 0.3) is 10.8 Å². The Hall–Kier alpha value is -3.10. The number of alkyl halides is 3. The number of halogens is 4. The van der Waals surface area contributed by atoms with Gasteiger partial charge in [0.15, 0.2) is 21.3 Å². The molecule has 2 aromatic carbocycles. The molecule has 9 nitrogen and oxygen atoms in total. The van der Waals surface area contributed by atoms with E-state index in [0.29, 0.717) is 4.57 Å². The van der Waals surface area contributed by atoms with Crippen LogP contribution >= 0.6 is 11.6 Å². The highest BCUT2D eigenvalue weighted by molar-refractivity contribution is 7.90. The number of aromatic nitrogens is 1. The number of carboxylic acids is 1. The van der Waals surface area contributed by atoms with Gasteiger partial charge in [-0.15, -0.1) is 0 Å². The summed E-state index contributed by atoms with van der Waals surface area (Å²) in [6.45, 7) is -0.564. The SMILES string of the molecule is CS(=O)(=O)c1ccc(Cn2c(C(=O)O)c(OS(=O)(=O)C(F)(F)F)c3cc(Cl)ccc3c2=O)cc1. The van der Waals surface area contributed by atoms with E-state index in [1.807, 2.05) is 0 Å². The monoisotopic (exact) mass is 539 g/mol. The van der Waals surface area contributed by atoms with Gasteiger partial charge in [-0.3, -0.25) is 9.36 Å². The fourth-order valence-corrected chi connectivity index (χ4v) is 4.30. The summed E-state index contributed by atoms with van der Waals surface area (Å²) in [5.74, 6) is -3.21. The number of benzene rings is 2. The summed E-state index contributed by atoms with van der Waals surface area (Å²) in [6.07, 6.45) is 0.953. The highest BCUT2D eigenvalue weighted by Gasteiger charge is 2.49. The quantitative estimate of drug-likeness (QED) is 0.373. The minimum absolute atomic E-state index is 0.0736. The molecule has 34 heavy (non-hydrogen) atoms. The third-order valence-corrected chi connectivity index (χ3v) is 6.87. The molecule has 3 aromatic rings. The summed E-state index contributed by atoms with van der Waals surface area (Å²) in [4.78, 5) is 25.0. The highest BCUT2D eigenvalue weighted by atomic mass is 35.5. The lowest BCUT2D eigenvalue weighted by Crippen LogP contribution is -2.32. The zero-order valence-corrected chi connectivity index (χ0v) is 19.2. The van der Waals surface area contributed by atoms with Gasteiger partial charge in [0.1, 0.15) is 0 Å². The van der Waals surface area contributed by atoms with E-state index in [0.717, 1.165) is 18.4 Å². The van der Waals surface area contributed by atoms with E-state index in [4.69, 9.17) is 11.6 Å². The molecule has 0 unspecified atom stereocenters. The Labute approximate surface area is 195 Å². The van der Waals surface area contributed by atoms with Crippen LogP contribution in [0.2, 0.25) is 5.02 Å². The molecule has 0 aliphatic rings. The van der Waals surface area contributed by atoms with Crippen molar-refractivity contribution in [2.45, 2.75) is 16.9 Å². The minimum Gasteiger partial charge on any atom is -0.476 e. The van der Waals surface area contributed by atoms with Crippen molar-refractivity contribution in [1.82, 2.24) is 4.57 Å². The Morgan fingerprint density at radius 2 is 1.65 bits per heavy atom. The molecule has 0 spiro atoms. The summed E-state index contributed by atoms with van der Waals surface area (Å²) in [5, 5.41) is 8.64. The Kier molecular flexibility index (Phi) is 6.45. The van der Waals surface area contributed by atoms with E-state index in [-0.39, 0.29) is 20.9 Å². The van der Waals surface area contributed by atoms with Crippen LogP contribution in [0.1, 0.15) is 16.1 Å². The largest absolute Gasteiger partial charge is 0.534 e. The average Bonchev–Trinajstić information content (AvgIpc) is 2.69. The maximum atomic E-state index is 13.0. The lowest BCUT2D eigenvalue weighted by molar-refractivity contribution is -0.0500. The predicted octanol–water partition coefficient (Wildman–Crippen LogP) is 3.03. The second kappa shape index (κ2) is 8.60. The molecule has 1 heterocycles. The predicted molar refractivity (Wildman–Crippen MR) is 114 cm³/mol. The summed E-state index contributed by atoms with van der Waals surface area (Å²) in [5.41, 5.74) is -7.88. The van der Waals surface area contributed by atoms with Crippen LogP contribution in [0.4, 0.5) is 13.2 Å². The maximum Gasteiger partial charge on any atom is 0.534 e. The van der Waals surface area contributed by atoms with Crippen molar-refractivity contribution in [3.8, 4) is 5.75 Å². The molecular weight excluding hydrogens is 527 g/mol. The second-order valence-corrected chi connectivity index (χ2v) is 11.0. The fourth-order valence-electron chi connectivity index (χ4n) is 3.02. The van der Waals surface area contributed by atoms with Crippen molar-refractivity contribution in [3.05, 3.63) is 69.1 Å². The van der Waals surface area contributed by atoms with Gasteiger partial charge in [-0.1, -0.05) is 23.7 Å². The number of pyridine rings is 1. The molecule has 15 heteroatoms. The molecule has 0 saturated heterocycles. The fraction of sp³-hybridized carbons (Fsp3) is 0.158. The van der Waals surface area contributed by atoms with E-state index in [2.05, 4.69) is 4.18 Å². The normalized spacial score (nSPS) is 12.6. The van der Waals surface area contributed by atoms with Crippen molar-refractivity contribution >= 4 is 48.3 Å². The average molecular weight is 540 g/mol. The molecule has 0 fully saturated rings. The van der Waals surface area contributed by atoms with Crippen molar-refractivity contribution in [2.75, 3.05) is 6.26 Å². The lowest BCUT2D eigenvalue weighted by Gasteiger charge is -2.18. The van der Waals surface area contributed by atoms with Crippen LogP contribution in [0.3, 0.4) is 0 Å². The van der Waals surface area contributed by atoms with Crippen molar-refractivity contribution in [2.24, 2.45) is 0 Å². The number of rotatable bonds is 6. The van der Waals surface area contributed by atoms with Crippen molar-refractivity contribution in [1.29, 1.82) is 0 Å². The molecule has 182 valence electrons. The molecule has 0 aliphatic carbocycles. The number of nitrogens with zero attached hydrogens (tertiary/aromatic N) is 1. The van der Waals surface area contributed by atoms with Crippen LogP contribution in [0, 0.1) is 0 Å². The molecule has 1 N–H and O–H groups in total. The number of aromatic carboxylic acids is 1. The van der Waals surface area contributed by atoms with E-state index in [9.17, 15) is 44.7 Å². The number of fused-ring (bicyclic) bond motifs is 1. The first-order valence-corrected chi connectivity index (χ1v) is 12.6. The molecule has 0 aliphatic heterocycles. The molecular formula is C19H13ClF3NO8S2. The standard InChI is InChI=1S/C19H13ClF3NO8S2/c1-33(28,29)12-5-2-10(3-6-12)9-24-15(18(26)27)16(32-34(30,31)19(21,22)23)14-8-11(20)4-7-13(14)17(24)25/h2-8H,9H2,1H3,(H,26,27).